The maximum Gasteiger partial charge on any atom is 0.142 e. The van der Waals surface area contributed by atoms with Crippen LogP contribution in [0.1, 0.15) is 28.2 Å². The van der Waals surface area contributed by atoms with Gasteiger partial charge in [-0.2, -0.15) is 0 Å². The molecule has 0 saturated heterocycles. The molecule has 0 bridgehead atoms. The minimum atomic E-state index is 0.729. The van der Waals surface area contributed by atoms with Gasteiger partial charge in [-0.3, -0.25) is 0 Å². The molecule has 0 aliphatic heterocycles. The fraction of sp³-hybridized carbons (Fsp3) is 0.280. The highest BCUT2D eigenvalue weighted by Gasteiger charge is 2.22. The Morgan fingerprint density at radius 3 is 2.66 bits per heavy atom. The second kappa shape index (κ2) is 9.69. The summed E-state index contributed by atoms with van der Waals surface area (Å²) in [6.45, 7) is 0.826. The molecule has 7 heteroatoms. The standard InChI is InChI=1S/C25H24ClN3OS2/c1-30-18-9-5-16(6-10-18)13-14-27-24-23-20-3-2-4-21(20)32-25(23)29-22(28-24)15-31-19-11-7-17(26)8-12-19/h5-12H,2-4,13-15H2,1H3,(H,27,28,29). The summed E-state index contributed by atoms with van der Waals surface area (Å²) >= 11 is 9.59. The Labute approximate surface area is 201 Å². The highest BCUT2D eigenvalue weighted by Crippen LogP contribution is 2.40. The SMILES string of the molecule is COc1ccc(CCNc2nc(CSc3ccc(Cl)cc3)nc3sc4c(c23)CCC4)cc1. The molecule has 1 aliphatic rings. The van der Waals surface area contributed by atoms with E-state index in [4.69, 9.17) is 26.3 Å². The number of methoxy groups -OCH3 is 1. The first-order valence-corrected chi connectivity index (χ1v) is 12.9. The second-order valence-corrected chi connectivity index (χ2v) is 10.4. The van der Waals surface area contributed by atoms with E-state index >= 15 is 0 Å². The number of halogens is 1. The number of nitrogens with zero attached hydrogens (tertiary/aromatic N) is 2. The average molecular weight is 482 g/mol. The molecular formula is C25H24ClN3OS2. The van der Waals surface area contributed by atoms with Gasteiger partial charge in [0.2, 0.25) is 0 Å². The number of thiophene rings is 1. The lowest BCUT2D eigenvalue weighted by Crippen LogP contribution is -2.09. The molecule has 0 saturated carbocycles. The maximum atomic E-state index is 6.01. The van der Waals surface area contributed by atoms with Crippen LogP contribution in [-0.2, 0) is 25.0 Å². The van der Waals surface area contributed by atoms with Crippen molar-refractivity contribution in [3.05, 3.63) is 75.4 Å². The van der Waals surface area contributed by atoms with Crippen molar-refractivity contribution < 1.29 is 4.74 Å². The summed E-state index contributed by atoms with van der Waals surface area (Å²) in [6.07, 6.45) is 4.45. The van der Waals surface area contributed by atoms with Gasteiger partial charge in [-0.1, -0.05) is 23.7 Å². The predicted octanol–water partition coefficient (Wildman–Crippen LogP) is 6.79. The van der Waals surface area contributed by atoms with Gasteiger partial charge >= 0.3 is 0 Å². The summed E-state index contributed by atoms with van der Waals surface area (Å²) in [5.74, 6) is 3.46. The smallest absolute Gasteiger partial charge is 0.142 e. The zero-order valence-corrected chi connectivity index (χ0v) is 20.2. The zero-order chi connectivity index (χ0) is 21.9. The Morgan fingerprint density at radius 2 is 1.88 bits per heavy atom. The minimum Gasteiger partial charge on any atom is -0.497 e. The van der Waals surface area contributed by atoms with E-state index in [2.05, 4.69) is 17.4 Å². The molecule has 0 spiro atoms. The molecule has 5 rings (SSSR count). The molecular weight excluding hydrogens is 458 g/mol. The number of aromatic nitrogens is 2. The Hall–Kier alpha value is -2.28. The van der Waals surface area contributed by atoms with Gasteiger partial charge in [-0.25, -0.2) is 9.97 Å². The van der Waals surface area contributed by atoms with Crippen molar-refractivity contribution in [3.63, 3.8) is 0 Å². The number of nitrogens with one attached hydrogen (secondary N) is 1. The van der Waals surface area contributed by atoms with Crippen molar-refractivity contribution in [3.8, 4) is 5.75 Å². The Kier molecular flexibility index (Phi) is 6.53. The third-order valence-electron chi connectivity index (χ3n) is 5.66. The first kappa shape index (κ1) is 21.6. The molecule has 4 nitrogen and oxygen atoms in total. The van der Waals surface area contributed by atoms with Crippen molar-refractivity contribution in [2.24, 2.45) is 0 Å². The number of ether oxygens (including phenoxy) is 1. The maximum absolute atomic E-state index is 6.01. The predicted molar refractivity (Wildman–Crippen MR) is 136 cm³/mol. The fourth-order valence-electron chi connectivity index (χ4n) is 4.03. The van der Waals surface area contributed by atoms with Crippen LogP contribution in [0.15, 0.2) is 53.4 Å². The normalized spacial score (nSPS) is 12.8. The molecule has 4 aromatic rings. The number of hydrogen-bond acceptors (Lipinski definition) is 6. The molecule has 2 aromatic carbocycles. The lowest BCUT2D eigenvalue weighted by Gasteiger charge is -2.11. The van der Waals surface area contributed by atoms with E-state index < -0.39 is 0 Å². The first-order chi connectivity index (χ1) is 15.7. The lowest BCUT2D eigenvalue weighted by molar-refractivity contribution is 0.414. The molecule has 0 radical (unpaired) electrons. The van der Waals surface area contributed by atoms with Crippen LogP contribution in [-0.4, -0.2) is 23.6 Å². The summed E-state index contributed by atoms with van der Waals surface area (Å²) in [5, 5.41) is 5.61. The highest BCUT2D eigenvalue weighted by atomic mass is 35.5. The fourth-order valence-corrected chi connectivity index (χ4v) is 6.19. The molecule has 0 unspecified atom stereocenters. The molecule has 1 N–H and O–H groups in total. The molecule has 2 aromatic heterocycles. The van der Waals surface area contributed by atoms with Gasteiger partial charge in [0.25, 0.3) is 0 Å². The van der Waals surface area contributed by atoms with E-state index in [0.29, 0.717) is 0 Å². The van der Waals surface area contributed by atoms with Gasteiger partial charge in [0, 0.05) is 21.3 Å². The summed E-state index contributed by atoms with van der Waals surface area (Å²) < 4.78 is 5.26. The summed E-state index contributed by atoms with van der Waals surface area (Å²) in [6, 6.07) is 16.2. The van der Waals surface area contributed by atoms with Crippen LogP contribution in [0.5, 0.6) is 5.75 Å². The van der Waals surface area contributed by atoms with Crippen molar-refractivity contribution in [1.82, 2.24) is 9.97 Å². The largest absolute Gasteiger partial charge is 0.497 e. The quantitative estimate of drug-likeness (QED) is 0.281. The van der Waals surface area contributed by atoms with Crippen LogP contribution in [0.2, 0.25) is 5.02 Å². The van der Waals surface area contributed by atoms with E-state index in [1.807, 2.05) is 47.7 Å². The summed E-state index contributed by atoms with van der Waals surface area (Å²) in [5.41, 5.74) is 2.73. The van der Waals surface area contributed by atoms with Crippen LogP contribution in [0, 0.1) is 0 Å². The van der Waals surface area contributed by atoms with Crippen molar-refractivity contribution in [1.29, 1.82) is 0 Å². The minimum absolute atomic E-state index is 0.729. The van der Waals surface area contributed by atoms with Crippen LogP contribution >= 0.6 is 34.7 Å². The number of anilines is 1. The zero-order valence-electron chi connectivity index (χ0n) is 17.9. The van der Waals surface area contributed by atoms with Crippen LogP contribution in [0.3, 0.4) is 0 Å². The number of thioether (sulfide) groups is 1. The third-order valence-corrected chi connectivity index (χ3v) is 8.10. The topological polar surface area (TPSA) is 47.0 Å². The summed E-state index contributed by atoms with van der Waals surface area (Å²) in [7, 11) is 1.69. The molecule has 0 atom stereocenters. The van der Waals surface area contributed by atoms with Crippen LogP contribution in [0.4, 0.5) is 5.82 Å². The van der Waals surface area contributed by atoms with Crippen molar-refractivity contribution in [2.75, 3.05) is 19.0 Å². The first-order valence-electron chi connectivity index (χ1n) is 10.8. The number of benzene rings is 2. The van der Waals surface area contributed by atoms with E-state index in [1.165, 1.54) is 32.7 Å². The Morgan fingerprint density at radius 1 is 1.06 bits per heavy atom. The average Bonchev–Trinajstić information content (AvgIpc) is 3.40. The number of aryl methyl sites for hydroxylation is 2. The summed E-state index contributed by atoms with van der Waals surface area (Å²) in [4.78, 5) is 13.6. The highest BCUT2D eigenvalue weighted by molar-refractivity contribution is 7.98. The second-order valence-electron chi connectivity index (χ2n) is 7.79. The molecule has 2 heterocycles. The van der Waals surface area contributed by atoms with Gasteiger partial charge in [-0.15, -0.1) is 23.1 Å². The van der Waals surface area contributed by atoms with Gasteiger partial charge in [0.1, 0.15) is 22.2 Å². The van der Waals surface area contributed by atoms with E-state index in [-0.39, 0.29) is 0 Å². The number of hydrogen-bond donors (Lipinski definition) is 1. The monoisotopic (exact) mass is 481 g/mol. The molecule has 0 amide bonds. The van der Waals surface area contributed by atoms with Crippen LogP contribution < -0.4 is 10.1 Å². The molecule has 0 fully saturated rings. The molecule has 32 heavy (non-hydrogen) atoms. The van der Waals surface area contributed by atoms with Gasteiger partial charge < -0.3 is 10.1 Å². The van der Waals surface area contributed by atoms with Crippen LogP contribution in [0.25, 0.3) is 10.2 Å². The van der Waals surface area contributed by atoms with Crippen molar-refractivity contribution >= 4 is 50.7 Å². The number of rotatable bonds is 8. The van der Waals surface area contributed by atoms with Gasteiger partial charge in [0.15, 0.2) is 0 Å². The van der Waals surface area contributed by atoms with Crippen molar-refractivity contribution in [2.45, 2.75) is 36.3 Å². The molecule has 164 valence electrons. The van der Waals surface area contributed by atoms with Gasteiger partial charge in [-0.05, 0) is 73.2 Å². The lowest BCUT2D eigenvalue weighted by atomic mass is 10.1. The Bertz CT molecular complexity index is 1220. The van der Waals surface area contributed by atoms with E-state index in [9.17, 15) is 0 Å². The Balaban J connectivity index is 1.35. The third kappa shape index (κ3) is 4.72. The molecule has 1 aliphatic carbocycles. The number of fused-ring (bicyclic) bond motifs is 3. The van der Waals surface area contributed by atoms with E-state index in [0.717, 1.165) is 58.8 Å². The van der Waals surface area contributed by atoms with E-state index in [1.54, 1.807) is 18.9 Å². The van der Waals surface area contributed by atoms with Gasteiger partial charge in [0.05, 0.1) is 18.2 Å².